The molecule has 0 radical (unpaired) electrons. The predicted octanol–water partition coefficient (Wildman–Crippen LogP) is 0.942. The predicted molar refractivity (Wildman–Crippen MR) is 94.1 cm³/mol. The number of methoxy groups -OCH3 is 1. The monoisotopic (exact) mass is 359 g/mol. The average Bonchev–Trinajstić information content (AvgIpc) is 3.44. The van der Waals surface area contributed by atoms with Crippen LogP contribution in [-0.4, -0.2) is 62.1 Å². The molecule has 2 aliphatic heterocycles. The van der Waals surface area contributed by atoms with Gasteiger partial charge < -0.3 is 20.3 Å². The molecule has 0 aromatic rings. The van der Waals surface area contributed by atoms with E-state index in [1.54, 1.807) is 7.11 Å². The molecule has 0 bridgehead atoms. The Hall–Kier alpha value is -0.850. The third-order valence-corrected chi connectivity index (χ3v) is 5.53. The summed E-state index contributed by atoms with van der Waals surface area (Å²) in [5.74, 6) is 0.807. The highest BCUT2D eigenvalue weighted by atomic mass is 35.5. The maximum Gasteiger partial charge on any atom is 0.254 e. The maximum atomic E-state index is 13.0. The fraction of sp³-hybridized carbons (Fsp3) is 0.882. The number of nitrogens with zero attached hydrogens (tertiary/aromatic N) is 1. The van der Waals surface area contributed by atoms with Crippen molar-refractivity contribution in [3.63, 3.8) is 0 Å². The van der Waals surface area contributed by atoms with Gasteiger partial charge in [0.05, 0.1) is 5.92 Å². The lowest BCUT2D eigenvalue weighted by Gasteiger charge is -2.41. The maximum absolute atomic E-state index is 13.0. The van der Waals surface area contributed by atoms with Crippen molar-refractivity contribution in [2.45, 2.75) is 44.1 Å². The average molecular weight is 360 g/mol. The minimum atomic E-state index is -0.697. The molecule has 1 atom stereocenters. The van der Waals surface area contributed by atoms with E-state index < -0.39 is 5.60 Å². The molecule has 3 fully saturated rings. The summed E-state index contributed by atoms with van der Waals surface area (Å²) in [6.45, 7) is 3.69. The molecule has 2 heterocycles. The first-order chi connectivity index (χ1) is 11.1. The van der Waals surface area contributed by atoms with Crippen molar-refractivity contribution in [1.29, 1.82) is 0 Å². The van der Waals surface area contributed by atoms with Crippen molar-refractivity contribution in [1.82, 2.24) is 15.5 Å². The number of rotatable bonds is 5. The smallest absolute Gasteiger partial charge is 0.254 e. The van der Waals surface area contributed by atoms with E-state index in [1.807, 2.05) is 4.90 Å². The van der Waals surface area contributed by atoms with E-state index in [2.05, 4.69) is 10.6 Å². The van der Waals surface area contributed by atoms with E-state index >= 15 is 0 Å². The first-order valence-corrected chi connectivity index (χ1v) is 8.97. The largest absolute Gasteiger partial charge is 0.368 e. The fourth-order valence-corrected chi connectivity index (χ4v) is 3.71. The Morgan fingerprint density at radius 1 is 1.25 bits per heavy atom. The molecular weight excluding hydrogens is 330 g/mol. The van der Waals surface area contributed by atoms with Crippen LogP contribution in [0, 0.1) is 11.8 Å². The number of hydrogen-bond donors (Lipinski definition) is 2. The van der Waals surface area contributed by atoms with Gasteiger partial charge in [-0.2, -0.15) is 0 Å². The molecule has 1 unspecified atom stereocenters. The minimum absolute atomic E-state index is 0. The van der Waals surface area contributed by atoms with E-state index in [-0.39, 0.29) is 30.1 Å². The molecule has 3 aliphatic rings. The van der Waals surface area contributed by atoms with Crippen molar-refractivity contribution in [3.8, 4) is 0 Å². The van der Waals surface area contributed by atoms with Crippen molar-refractivity contribution in [2.24, 2.45) is 11.8 Å². The Labute approximate surface area is 150 Å². The van der Waals surface area contributed by atoms with Gasteiger partial charge >= 0.3 is 0 Å². The highest BCUT2D eigenvalue weighted by Crippen LogP contribution is 2.29. The van der Waals surface area contributed by atoms with Crippen LogP contribution in [0.5, 0.6) is 0 Å². The molecule has 2 N–H and O–H groups in total. The fourth-order valence-electron chi connectivity index (χ4n) is 3.71. The first-order valence-electron chi connectivity index (χ1n) is 8.97. The van der Waals surface area contributed by atoms with Crippen LogP contribution in [0.15, 0.2) is 0 Å². The second-order valence-electron chi connectivity index (χ2n) is 7.23. The zero-order chi connectivity index (χ0) is 16.3. The summed E-state index contributed by atoms with van der Waals surface area (Å²) in [4.78, 5) is 27.2. The standard InChI is InChI=1S/C17H29N3O3.ClH/c1-23-17(6-8-18-9-7-17)16(22)20-10-2-3-14(12-20)15(21)19-11-13-4-5-13;/h13-14,18H,2-12H2,1H3,(H,19,21);1H. The van der Waals surface area contributed by atoms with Gasteiger partial charge in [-0.25, -0.2) is 0 Å². The summed E-state index contributed by atoms with van der Waals surface area (Å²) in [5, 5.41) is 6.34. The van der Waals surface area contributed by atoms with Crippen LogP contribution in [0.3, 0.4) is 0 Å². The second kappa shape index (κ2) is 8.50. The number of halogens is 1. The summed E-state index contributed by atoms with van der Waals surface area (Å²) in [7, 11) is 1.63. The summed E-state index contributed by atoms with van der Waals surface area (Å²) in [6, 6.07) is 0. The Morgan fingerprint density at radius 3 is 2.58 bits per heavy atom. The summed E-state index contributed by atoms with van der Waals surface area (Å²) >= 11 is 0. The highest BCUT2D eigenvalue weighted by Gasteiger charge is 2.44. The zero-order valence-electron chi connectivity index (χ0n) is 14.5. The van der Waals surface area contributed by atoms with Crippen molar-refractivity contribution in [3.05, 3.63) is 0 Å². The lowest BCUT2D eigenvalue weighted by molar-refractivity contribution is -0.160. The molecule has 1 aliphatic carbocycles. The number of piperidine rings is 2. The Morgan fingerprint density at radius 2 is 1.96 bits per heavy atom. The molecule has 0 aromatic heterocycles. The van der Waals surface area contributed by atoms with Crippen LogP contribution in [0.1, 0.15) is 38.5 Å². The van der Waals surface area contributed by atoms with Gasteiger partial charge in [0.1, 0.15) is 5.60 Å². The van der Waals surface area contributed by atoms with Crippen molar-refractivity contribution < 1.29 is 14.3 Å². The summed E-state index contributed by atoms with van der Waals surface area (Å²) < 4.78 is 5.64. The van der Waals surface area contributed by atoms with E-state index in [4.69, 9.17) is 4.74 Å². The quantitative estimate of drug-likeness (QED) is 0.766. The zero-order valence-corrected chi connectivity index (χ0v) is 15.3. The van der Waals surface area contributed by atoms with Gasteiger partial charge in [-0.05, 0) is 57.5 Å². The normalized spacial score (nSPS) is 26.4. The topological polar surface area (TPSA) is 70.7 Å². The van der Waals surface area contributed by atoms with Gasteiger partial charge in [-0.15, -0.1) is 12.4 Å². The van der Waals surface area contributed by atoms with E-state index in [0.29, 0.717) is 25.3 Å². The molecule has 7 heteroatoms. The molecular formula is C17H30ClN3O3. The van der Waals surface area contributed by atoms with E-state index in [9.17, 15) is 9.59 Å². The summed E-state index contributed by atoms with van der Waals surface area (Å²) in [6.07, 6.45) is 5.65. The molecule has 0 spiro atoms. The SMILES string of the molecule is COC1(C(=O)N2CCCC(C(=O)NCC3CC3)C2)CCNCC1.Cl. The molecule has 1 saturated carbocycles. The van der Waals surface area contributed by atoms with E-state index in [0.717, 1.165) is 39.0 Å². The van der Waals surface area contributed by atoms with Gasteiger partial charge in [0.15, 0.2) is 0 Å². The van der Waals surface area contributed by atoms with Crippen LogP contribution in [0.4, 0.5) is 0 Å². The summed E-state index contributed by atoms with van der Waals surface area (Å²) in [5.41, 5.74) is -0.697. The van der Waals surface area contributed by atoms with Gasteiger partial charge in [0.25, 0.3) is 5.91 Å². The lowest BCUT2D eigenvalue weighted by atomic mass is 9.88. The Kier molecular flexibility index (Phi) is 6.89. The number of likely N-dealkylation sites (tertiary alicyclic amines) is 1. The number of carbonyl (C=O) groups is 2. The number of amides is 2. The molecule has 0 aromatic carbocycles. The van der Waals surface area contributed by atoms with Crippen LogP contribution in [0.25, 0.3) is 0 Å². The molecule has 2 amide bonds. The van der Waals surface area contributed by atoms with Gasteiger partial charge in [-0.1, -0.05) is 0 Å². The lowest BCUT2D eigenvalue weighted by Crippen LogP contribution is -2.58. The minimum Gasteiger partial charge on any atom is -0.368 e. The second-order valence-corrected chi connectivity index (χ2v) is 7.23. The van der Waals surface area contributed by atoms with Crippen molar-refractivity contribution >= 4 is 24.2 Å². The third-order valence-electron chi connectivity index (χ3n) is 5.53. The van der Waals surface area contributed by atoms with Crippen LogP contribution in [-0.2, 0) is 14.3 Å². The highest BCUT2D eigenvalue weighted by molar-refractivity contribution is 5.87. The number of hydrogen-bond acceptors (Lipinski definition) is 4. The molecule has 24 heavy (non-hydrogen) atoms. The van der Waals surface area contributed by atoms with Crippen LogP contribution in [0.2, 0.25) is 0 Å². The molecule has 2 saturated heterocycles. The Bertz CT molecular complexity index is 450. The first kappa shape index (κ1) is 19.5. The molecule has 6 nitrogen and oxygen atoms in total. The number of carbonyl (C=O) groups excluding carboxylic acids is 2. The van der Waals surface area contributed by atoms with Crippen LogP contribution < -0.4 is 10.6 Å². The number of ether oxygens (including phenoxy) is 1. The van der Waals surface area contributed by atoms with Crippen LogP contribution >= 0.6 is 12.4 Å². The van der Waals surface area contributed by atoms with Crippen molar-refractivity contribution in [2.75, 3.05) is 39.8 Å². The number of nitrogens with one attached hydrogen (secondary N) is 2. The third kappa shape index (κ3) is 4.41. The molecule has 3 rings (SSSR count). The van der Waals surface area contributed by atoms with E-state index in [1.165, 1.54) is 12.8 Å². The van der Waals surface area contributed by atoms with Gasteiger partial charge in [-0.3, -0.25) is 9.59 Å². The van der Waals surface area contributed by atoms with Gasteiger partial charge in [0.2, 0.25) is 5.91 Å². The Balaban J connectivity index is 0.00000208. The van der Waals surface area contributed by atoms with Gasteiger partial charge in [0, 0.05) is 26.7 Å². The molecule has 138 valence electrons.